The van der Waals surface area contributed by atoms with E-state index in [1.54, 1.807) is 24.3 Å². The molecule has 2 unspecified atom stereocenters. The van der Waals surface area contributed by atoms with Crippen LogP contribution in [0.2, 0.25) is 0 Å². The van der Waals surface area contributed by atoms with Crippen LogP contribution in [0.25, 0.3) is 0 Å². The average Bonchev–Trinajstić information content (AvgIpc) is 2.87. The van der Waals surface area contributed by atoms with Crippen molar-refractivity contribution in [2.24, 2.45) is 0 Å². The highest BCUT2D eigenvalue weighted by molar-refractivity contribution is 5.35. The summed E-state index contributed by atoms with van der Waals surface area (Å²) in [6.07, 6.45) is -2.20. The quantitative estimate of drug-likeness (QED) is 0.365. The molecule has 0 radical (unpaired) electrons. The van der Waals surface area contributed by atoms with Crippen molar-refractivity contribution in [3.63, 3.8) is 0 Å². The first-order chi connectivity index (χ1) is 15.7. The summed E-state index contributed by atoms with van der Waals surface area (Å²) in [7, 11) is 0. The summed E-state index contributed by atoms with van der Waals surface area (Å²) >= 11 is 0. The monoisotopic (exact) mass is 426 g/mol. The number of hydrogen-bond donors (Lipinski definition) is 2. The Morgan fingerprint density at radius 2 is 0.906 bits per heavy atom. The van der Waals surface area contributed by atoms with Crippen LogP contribution in [0.1, 0.15) is 34.5 Å². The molecule has 0 aliphatic heterocycles. The fraction of sp³-hybridized carbons (Fsp3) is 0.143. The zero-order valence-electron chi connectivity index (χ0n) is 17.7. The fourth-order valence-corrected chi connectivity index (χ4v) is 3.42. The fourth-order valence-electron chi connectivity index (χ4n) is 3.42. The Labute approximate surface area is 188 Å². The van der Waals surface area contributed by atoms with Crippen LogP contribution in [0.15, 0.2) is 109 Å². The van der Waals surface area contributed by atoms with Gasteiger partial charge in [0.15, 0.2) is 0 Å². The summed E-state index contributed by atoms with van der Waals surface area (Å²) in [6.45, 7) is 0.869. The molecule has 4 aromatic rings. The standard InChI is InChI=1S/C28H26O4/c29-27(23-13-7-15-25(17-23)31-19-21-9-3-1-4-10-21)28(30)24-14-8-16-26(18-24)32-20-22-11-5-2-6-12-22/h1-18,27-30H,19-20H2. The van der Waals surface area contributed by atoms with Crippen LogP contribution < -0.4 is 9.47 Å². The summed E-state index contributed by atoms with van der Waals surface area (Å²) in [5.41, 5.74) is 3.29. The van der Waals surface area contributed by atoms with E-state index in [1.807, 2.05) is 84.9 Å². The smallest absolute Gasteiger partial charge is 0.120 e. The van der Waals surface area contributed by atoms with E-state index in [9.17, 15) is 10.2 Å². The van der Waals surface area contributed by atoms with Gasteiger partial charge in [0.25, 0.3) is 0 Å². The highest BCUT2D eigenvalue weighted by Crippen LogP contribution is 2.32. The van der Waals surface area contributed by atoms with Crippen molar-refractivity contribution in [2.75, 3.05) is 0 Å². The summed E-state index contributed by atoms with van der Waals surface area (Å²) in [6, 6.07) is 34.1. The van der Waals surface area contributed by atoms with Gasteiger partial charge in [0.1, 0.15) is 36.9 Å². The molecule has 2 N–H and O–H groups in total. The summed E-state index contributed by atoms with van der Waals surface area (Å²) in [4.78, 5) is 0. The molecular weight excluding hydrogens is 400 g/mol. The van der Waals surface area contributed by atoms with E-state index in [1.165, 1.54) is 0 Å². The molecule has 2 atom stereocenters. The van der Waals surface area contributed by atoms with E-state index < -0.39 is 12.2 Å². The molecule has 0 heterocycles. The van der Waals surface area contributed by atoms with Gasteiger partial charge in [0, 0.05) is 0 Å². The molecule has 0 saturated carbocycles. The lowest BCUT2D eigenvalue weighted by molar-refractivity contribution is 0.0169. The van der Waals surface area contributed by atoms with Crippen molar-refractivity contribution < 1.29 is 19.7 Å². The molecule has 0 saturated heterocycles. The third kappa shape index (κ3) is 5.76. The number of aliphatic hydroxyl groups excluding tert-OH is 2. The number of hydrogen-bond acceptors (Lipinski definition) is 4. The second kappa shape index (κ2) is 10.6. The topological polar surface area (TPSA) is 58.9 Å². The zero-order valence-corrected chi connectivity index (χ0v) is 17.7. The Balaban J connectivity index is 1.41. The predicted molar refractivity (Wildman–Crippen MR) is 124 cm³/mol. The molecule has 0 aliphatic rings. The van der Waals surface area contributed by atoms with Crippen molar-refractivity contribution in [3.8, 4) is 11.5 Å². The molecular formula is C28H26O4. The van der Waals surface area contributed by atoms with Gasteiger partial charge in [0.2, 0.25) is 0 Å². The van der Waals surface area contributed by atoms with Gasteiger partial charge < -0.3 is 19.7 Å². The van der Waals surface area contributed by atoms with Crippen LogP contribution in [0, 0.1) is 0 Å². The third-order valence-corrected chi connectivity index (χ3v) is 5.19. The molecule has 162 valence electrons. The first-order valence-electron chi connectivity index (χ1n) is 10.6. The van der Waals surface area contributed by atoms with Crippen molar-refractivity contribution in [2.45, 2.75) is 25.4 Å². The van der Waals surface area contributed by atoms with Gasteiger partial charge in [-0.1, -0.05) is 84.9 Å². The maximum atomic E-state index is 10.8. The Morgan fingerprint density at radius 3 is 1.31 bits per heavy atom. The molecule has 4 nitrogen and oxygen atoms in total. The lowest BCUT2D eigenvalue weighted by atomic mass is 9.98. The van der Waals surface area contributed by atoms with Crippen LogP contribution >= 0.6 is 0 Å². The number of benzene rings is 4. The minimum atomic E-state index is -1.10. The molecule has 0 aromatic heterocycles. The molecule has 0 bridgehead atoms. The normalized spacial score (nSPS) is 12.7. The Morgan fingerprint density at radius 1 is 0.500 bits per heavy atom. The summed E-state index contributed by atoms with van der Waals surface area (Å²) in [5.74, 6) is 1.27. The predicted octanol–water partition coefficient (Wildman–Crippen LogP) is 5.61. The lowest BCUT2D eigenvalue weighted by Crippen LogP contribution is -2.11. The first-order valence-corrected chi connectivity index (χ1v) is 10.6. The molecule has 4 aromatic carbocycles. The van der Waals surface area contributed by atoms with Crippen LogP contribution in [-0.2, 0) is 13.2 Å². The molecule has 4 heteroatoms. The van der Waals surface area contributed by atoms with Crippen LogP contribution in [0.5, 0.6) is 11.5 Å². The maximum Gasteiger partial charge on any atom is 0.120 e. The van der Waals surface area contributed by atoms with E-state index in [-0.39, 0.29) is 0 Å². The van der Waals surface area contributed by atoms with Gasteiger partial charge >= 0.3 is 0 Å². The Hall–Kier alpha value is -3.60. The highest BCUT2D eigenvalue weighted by Gasteiger charge is 2.21. The van der Waals surface area contributed by atoms with Crippen molar-refractivity contribution in [1.29, 1.82) is 0 Å². The van der Waals surface area contributed by atoms with Gasteiger partial charge in [-0.2, -0.15) is 0 Å². The van der Waals surface area contributed by atoms with E-state index in [0.717, 1.165) is 11.1 Å². The van der Waals surface area contributed by atoms with Gasteiger partial charge in [-0.15, -0.1) is 0 Å². The molecule has 0 amide bonds. The van der Waals surface area contributed by atoms with Gasteiger partial charge in [-0.3, -0.25) is 0 Å². The van der Waals surface area contributed by atoms with E-state index in [4.69, 9.17) is 9.47 Å². The minimum Gasteiger partial charge on any atom is -0.489 e. The SMILES string of the molecule is OC(c1cccc(OCc2ccccc2)c1)C(O)c1cccc(OCc2ccccc2)c1. The van der Waals surface area contributed by atoms with E-state index >= 15 is 0 Å². The summed E-state index contributed by atoms with van der Waals surface area (Å²) < 4.78 is 11.7. The van der Waals surface area contributed by atoms with Gasteiger partial charge in [0.05, 0.1) is 0 Å². The largest absolute Gasteiger partial charge is 0.489 e. The summed E-state index contributed by atoms with van der Waals surface area (Å²) in [5, 5.41) is 21.6. The van der Waals surface area contributed by atoms with Crippen LogP contribution in [0.4, 0.5) is 0 Å². The van der Waals surface area contributed by atoms with Crippen molar-refractivity contribution in [1.82, 2.24) is 0 Å². The zero-order chi connectivity index (χ0) is 22.2. The number of rotatable bonds is 9. The van der Waals surface area contributed by atoms with Gasteiger partial charge in [-0.05, 0) is 46.5 Å². The van der Waals surface area contributed by atoms with Gasteiger partial charge in [-0.25, -0.2) is 0 Å². The second-order valence-electron chi connectivity index (χ2n) is 7.58. The minimum absolute atomic E-state index is 0.434. The second-order valence-corrected chi connectivity index (χ2v) is 7.58. The van der Waals surface area contributed by atoms with E-state index in [2.05, 4.69) is 0 Å². The highest BCUT2D eigenvalue weighted by atomic mass is 16.5. The Kier molecular flexibility index (Phi) is 7.18. The molecule has 32 heavy (non-hydrogen) atoms. The van der Waals surface area contributed by atoms with Crippen LogP contribution in [-0.4, -0.2) is 10.2 Å². The van der Waals surface area contributed by atoms with E-state index in [0.29, 0.717) is 35.8 Å². The Bertz CT molecular complexity index is 1020. The molecule has 0 aliphatic carbocycles. The van der Waals surface area contributed by atoms with Crippen molar-refractivity contribution in [3.05, 3.63) is 131 Å². The molecule has 0 fully saturated rings. The van der Waals surface area contributed by atoms with Crippen LogP contribution in [0.3, 0.4) is 0 Å². The number of ether oxygens (including phenoxy) is 2. The third-order valence-electron chi connectivity index (χ3n) is 5.19. The molecule has 0 spiro atoms. The molecule has 4 rings (SSSR count). The first kappa shape index (κ1) is 21.6. The van der Waals surface area contributed by atoms with Crippen molar-refractivity contribution >= 4 is 0 Å². The number of aliphatic hydroxyl groups is 2. The maximum absolute atomic E-state index is 10.8. The lowest BCUT2D eigenvalue weighted by Gasteiger charge is -2.20. The average molecular weight is 427 g/mol.